The van der Waals surface area contributed by atoms with Crippen LogP contribution in [-0.4, -0.2) is 11.5 Å². The minimum absolute atomic E-state index is 0.824. The molecule has 2 unspecified atom stereocenters. The van der Waals surface area contributed by atoms with Crippen LogP contribution in [0.4, 0.5) is 5.82 Å². The molecule has 17 heavy (non-hydrogen) atoms. The van der Waals surface area contributed by atoms with Crippen molar-refractivity contribution in [1.82, 2.24) is 4.98 Å². The second-order valence-corrected chi connectivity index (χ2v) is 6.14. The van der Waals surface area contributed by atoms with Gasteiger partial charge in [0.15, 0.2) is 0 Å². The number of anilines is 1. The number of aromatic nitrogens is 1. The van der Waals surface area contributed by atoms with Gasteiger partial charge in [0, 0.05) is 11.0 Å². The summed E-state index contributed by atoms with van der Waals surface area (Å²) in [5.41, 5.74) is 1.05. The van der Waals surface area contributed by atoms with Gasteiger partial charge in [-0.2, -0.15) is 0 Å². The molecule has 2 rings (SSSR count). The van der Waals surface area contributed by atoms with E-state index in [2.05, 4.69) is 39.2 Å². The molecule has 1 aliphatic carbocycles. The molecule has 0 aromatic carbocycles. The van der Waals surface area contributed by atoms with Gasteiger partial charge in [-0.15, -0.1) is 0 Å². The lowest BCUT2D eigenvalue weighted by atomic mass is 9.82. The normalized spacial score (nSPS) is 24.6. The lowest BCUT2D eigenvalue weighted by Crippen LogP contribution is -2.21. The first kappa shape index (κ1) is 12.9. The molecule has 1 fully saturated rings. The first-order chi connectivity index (χ1) is 8.15. The SMILES string of the molecule is Cc1nc(NCC2CCCC(C)C2)ccc1Br. The average Bonchev–Trinajstić information content (AvgIpc) is 2.31. The van der Waals surface area contributed by atoms with Gasteiger partial charge in [-0.3, -0.25) is 0 Å². The van der Waals surface area contributed by atoms with Crippen LogP contribution < -0.4 is 5.32 Å². The number of halogens is 1. The van der Waals surface area contributed by atoms with Crippen LogP contribution in [-0.2, 0) is 0 Å². The Hall–Kier alpha value is -0.570. The fourth-order valence-electron chi connectivity index (χ4n) is 2.64. The molecule has 0 aliphatic heterocycles. The highest BCUT2D eigenvalue weighted by Gasteiger charge is 2.18. The monoisotopic (exact) mass is 296 g/mol. The molecular formula is C14H21BrN2. The Morgan fingerprint density at radius 1 is 1.41 bits per heavy atom. The Morgan fingerprint density at radius 3 is 2.94 bits per heavy atom. The zero-order valence-electron chi connectivity index (χ0n) is 10.7. The van der Waals surface area contributed by atoms with Gasteiger partial charge in [-0.25, -0.2) is 4.98 Å². The van der Waals surface area contributed by atoms with Gasteiger partial charge in [0.25, 0.3) is 0 Å². The highest BCUT2D eigenvalue weighted by molar-refractivity contribution is 9.10. The summed E-state index contributed by atoms with van der Waals surface area (Å²) in [5, 5.41) is 3.47. The van der Waals surface area contributed by atoms with E-state index in [9.17, 15) is 0 Å². The van der Waals surface area contributed by atoms with Crippen molar-refractivity contribution in [1.29, 1.82) is 0 Å². The van der Waals surface area contributed by atoms with Crippen molar-refractivity contribution in [2.24, 2.45) is 11.8 Å². The Bertz CT molecular complexity index is 378. The van der Waals surface area contributed by atoms with Crippen molar-refractivity contribution in [3.05, 3.63) is 22.3 Å². The van der Waals surface area contributed by atoms with Gasteiger partial charge in [-0.05, 0) is 59.7 Å². The molecule has 0 radical (unpaired) electrons. The van der Waals surface area contributed by atoms with E-state index < -0.39 is 0 Å². The lowest BCUT2D eigenvalue weighted by Gasteiger charge is -2.27. The summed E-state index contributed by atoms with van der Waals surface area (Å²) in [5.74, 6) is 2.73. The average molecular weight is 297 g/mol. The highest BCUT2D eigenvalue weighted by atomic mass is 79.9. The molecule has 1 aliphatic rings. The highest BCUT2D eigenvalue weighted by Crippen LogP contribution is 2.28. The van der Waals surface area contributed by atoms with E-state index in [-0.39, 0.29) is 0 Å². The summed E-state index contributed by atoms with van der Waals surface area (Å²) in [4.78, 5) is 4.52. The van der Waals surface area contributed by atoms with Crippen LogP contribution in [0.1, 0.15) is 38.3 Å². The minimum atomic E-state index is 0.824. The molecule has 3 heteroatoms. The van der Waals surface area contributed by atoms with Gasteiger partial charge in [0.2, 0.25) is 0 Å². The number of aryl methyl sites for hydroxylation is 1. The Morgan fingerprint density at radius 2 is 2.24 bits per heavy atom. The maximum absolute atomic E-state index is 4.52. The predicted molar refractivity (Wildman–Crippen MR) is 76.3 cm³/mol. The van der Waals surface area contributed by atoms with Gasteiger partial charge in [-0.1, -0.05) is 19.8 Å². The van der Waals surface area contributed by atoms with Crippen LogP contribution in [0.3, 0.4) is 0 Å². The predicted octanol–water partition coefficient (Wildman–Crippen LogP) is 4.39. The summed E-state index contributed by atoms with van der Waals surface area (Å²) in [6.07, 6.45) is 5.53. The van der Waals surface area contributed by atoms with Crippen molar-refractivity contribution in [3.63, 3.8) is 0 Å². The molecule has 2 nitrogen and oxygen atoms in total. The Labute approximate surface area is 112 Å². The maximum Gasteiger partial charge on any atom is 0.126 e. The summed E-state index contributed by atoms with van der Waals surface area (Å²) in [6.45, 7) is 5.46. The van der Waals surface area contributed by atoms with Crippen molar-refractivity contribution >= 4 is 21.7 Å². The molecule has 0 amide bonds. The van der Waals surface area contributed by atoms with Gasteiger partial charge in [0.1, 0.15) is 5.82 Å². The van der Waals surface area contributed by atoms with Crippen LogP contribution in [0.25, 0.3) is 0 Å². The summed E-state index contributed by atoms with van der Waals surface area (Å²) >= 11 is 3.47. The van der Waals surface area contributed by atoms with E-state index in [1.807, 2.05) is 13.0 Å². The molecule has 0 saturated heterocycles. The first-order valence-electron chi connectivity index (χ1n) is 6.52. The molecule has 0 bridgehead atoms. The van der Waals surface area contributed by atoms with Crippen LogP contribution in [0.2, 0.25) is 0 Å². The molecule has 94 valence electrons. The summed E-state index contributed by atoms with van der Waals surface area (Å²) in [7, 11) is 0. The first-order valence-corrected chi connectivity index (χ1v) is 7.31. The van der Waals surface area contributed by atoms with E-state index in [1.165, 1.54) is 25.7 Å². The van der Waals surface area contributed by atoms with Crippen molar-refractivity contribution in [2.45, 2.75) is 39.5 Å². The standard InChI is InChI=1S/C14H21BrN2/c1-10-4-3-5-12(8-10)9-16-14-7-6-13(15)11(2)17-14/h6-7,10,12H,3-5,8-9H2,1-2H3,(H,16,17). The third-order valence-corrected chi connectivity index (χ3v) is 4.48. The van der Waals surface area contributed by atoms with E-state index in [1.54, 1.807) is 0 Å². The molecule has 1 aromatic rings. The minimum Gasteiger partial charge on any atom is -0.370 e. The second-order valence-electron chi connectivity index (χ2n) is 5.28. The number of nitrogens with one attached hydrogen (secondary N) is 1. The van der Waals surface area contributed by atoms with Crippen LogP contribution in [0.5, 0.6) is 0 Å². The number of rotatable bonds is 3. The molecule has 1 N–H and O–H groups in total. The number of hydrogen-bond acceptors (Lipinski definition) is 2. The van der Waals surface area contributed by atoms with Crippen LogP contribution >= 0.6 is 15.9 Å². The summed E-state index contributed by atoms with van der Waals surface area (Å²) in [6, 6.07) is 4.11. The van der Waals surface area contributed by atoms with E-state index in [4.69, 9.17) is 0 Å². The van der Waals surface area contributed by atoms with Crippen molar-refractivity contribution in [2.75, 3.05) is 11.9 Å². The van der Waals surface area contributed by atoms with Gasteiger partial charge < -0.3 is 5.32 Å². The Kier molecular flexibility index (Phi) is 4.43. The number of nitrogens with zero attached hydrogens (tertiary/aromatic N) is 1. The third-order valence-electron chi connectivity index (χ3n) is 3.64. The van der Waals surface area contributed by atoms with E-state index in [0.29, 0.717) is 0 Å². The fraction of sp³-hybridized carbons (Fsp3) is 0.643. The largest absolute Gasteiger partial charge is 0.370 e. The molecular weight excluding hydrogens is 276 g/mol. The van der Waals surface area contributed by atoms with E-state index >= 15 is 0 Å². The molecule has 2 atom stereocenters. The lowest BCUT2D eigenvalue weighted by molar-refractivity contribution is 0.293. The van der Waals surface area contributed by atoms with Crippen LogP contribution in [0, 0.1) is 18.8 Å². The second kappa shape index (κ2) is 5.85. The zero-order chi connectivity index (χ0) is 12.3. The molecule has 1 saturated carbocycles. The van der Waals surface area contributed by atoms with E-state index in [0.717, 1.165) is 34.4 Å². The van der Waals surface area contributed by atoms with Crippen LogP contribution in [0.15, 0.2) is 16.6 Å². The van der Waals surface area contributed by atoms with Crippen molar-refractivity contribution < 1.29 is 0 Å². The maximum atomic E-state index is 4.52. The third kappa shape index (κ3) is 3.70. The smallest absolute Gasteiger partial charge is 0.126 e. The number of hydrogen-bond donors (Lipinski definition) is 1. The quantitative estimate of drug-likeness (QED) is 0.895. The van der Waals surface area contributed by atoms with Crippen molar-refractivity contribution in [3.8, 4) is 0 Å². The molecule has 0 spiro atoms. The van der Waals surface area contributed by atoms with Gasteiger partial charge in [0.05, 0.1) is 5.69 Å². The zero-order valence-corrected chi connectivity index (χ0v) is 12.3. The fourth-order valence-corrected chi connectivity index (χ4v) is 2.86. The topological polar surface area (TPSA) is 24.9 Å². The summed E-state index contributed by atoms with van der Waals surface area (Å²) < 4.78 is 1.08. The molecule has 1 heterocycles. The molecule has 1 aromatic heterocycles. The number of pyridine rings is 1. The Balaban J connectivity index is 1.86. The van der Waals surface area contributed by atoms with Gasteiger partial charge >= 0.3 is 0 Å².